The van der Waals surface area contributed by atoms with E-state index >= 15 is 0 Å². The van der Waals surface area contributed by atoms with Crippen LogP contribution in [0.2, 0.25) is 0 Å². The van der Waals surface area contributed by atoms with Gasteiger partial charge in [0.25, 0.3) is 0 Å². The van der Waals surface area contributed by atoms with Crippen molar-refractivity contribution in [3.05, 3.63) is 71.3 Å². The molecule has 0 spiro atoms. The van der Waals surface area contributed by atoms with E-state index in [-0.39, 0.29) is 5.41 Å². The lowest BCUT2D eigenvalue weighted by Gasteiger charge is -2.60. The number of hydrogen-bond donors (Lipinski definition) is 2. The molecule has 3 fully saturated rings. The first-order valence-electron chi connectivity index (χ1n) is 8.05. The highest BCUT2D eigenvalue weighted by atomic mass is 16.4. The fraction of sp³-hybridized carbons (Fsp3) is 0.400. The summed E-state index contributed by atoms with van der Waals surface area (Å²) in [5.41, 5.74) is 0.944. The first-order chi connectivity index (χ1) is 10.5. The zero-order chi connectivity index (χ0) is 15.4. The van der Waals surface area contributed by atoms with Crippen LogP contribution >= 0.6 is 0 Å². The molecular formula is C20H22O2. The Morgan fingerprint density at radius 1 is 0.909 bits per heavy atom. The van der Waals surface area contributed by atoms with Crippen molar-refractivity contribution >= 4 is 0 Å². The van der Waals surface area contributed by atoms with E-state index in [2.05, 4.69) is 12.1 Å². The number of benzene rings is 2. The van der Waals surface area contributed by atoms with E-state index < -0.39 is 11.2 Å². The summed E-state index contributed by atoms with van der Waals surface area (Å²) >= 11 is 0. The highest BCUT2D eigenvalue weighted by Crippen LogP contribution is 2.73. The van der Waals surface area contributed by atoms with E-state index in [1.165, 1.54) is 11.1 Å². The van der Waals surface area contributed by atoms with Gasteiger partial charge in [0.1, 0.15) is 5.60 Å². The van der Waals surface area contributed by atoms with Crippen molar-refractivity contribution in [1.29, 1.82) is 0 Å². The van der Waals surface area contributed by atoms with E-state index in [1.807, 2.05) is 49.4 Å². The minimum Gasteiger partial charge on any atom is -0.386 e. The molecule has 22 heavy (non-hydrogen) atoms. The molecule has 0 amide bonds. The van der Waals surface area contributed by atoms with Crippen molar-refractivity contribution < 1.29 is 10.2 Å². The molecule has 0 unspecified atom stereocenters. The van der Waals surface area contributed by atoms with Crippen molar-refractivity contribution in [3.63, 3.8) is 0 Å². The molecule has 2 heteroatoms. The van der Waals surface area contributed by atoms with Gasteiger partial charge < -0.3 is 10.2 Å². The Labute approximate surface area is 131 Å². The molecule has 3 atom stereocenters. The number of hydrogen-bond acceptors (Lipinski definition) is 2. The largest absolute Gasteiger partial charge is 0.386 e. The summed E-state index contributed by atoms with van der Waals surface area (Å²) in [6, 6.07) is 18.3. The second kappa shape index (κ2) is 4.43. The zero-order valence-corrected chi connectivity index (χ0v) is 12.9. The smallest absolute Gasteiger partial charge is 0.124 e. The number of rotatable bonds is 3. The van der Waals surface area contributed by atoms with Gasteiger partial charge in [-0.15, -0.1) is 0 Å². The van der Waals surface area contributed by atoms with Gasteiger partial charge >= 0.3 is 0 Å². The van der Waals surface area contributed by atoms with E-state index in [0.717, 1.165) is 18.4 Å². The van der Waals surface area contributed by atoms with Gasteiger partial charge in [-0.1, -0.05) is 60.2 Å². The van der Waals surface area contributed by atoms with Crippen LogP contribution in [0.5, 0.6) is 0 Å². The minimum atomic E-state index is -1.12. The van der Waals surface area contributed by atoms with Crippen molar-refractivity contribution in [3.8, 4) is 0 Å². The molecule has 2 nitrogen and oxygen atoms in total. The lowest BCUT2D eigenvalue weighted by atomic mass is 9.50. The molecule has 2 bridgehead atoms. The van der Waals surface area contributed by atoms with Gasteiger partial charge in [-0.2, -0.15) is 0 Å². The molecular weight excluding hydrogens is 272 g/mol. The summed E-state index contributed by atoms with van der Waals surface area (Å²) in [5, 5.41) is 22.4. The average Bonchev–Trinajstić information content (AvgIpc) is 2.98. The second-order valence-corrected chi connectivity index (χ2v) is 7.23. The summed E-state index contributed by atoms with van der Waals surface area (Å²) in [6.45, 7) is 2.04. The van der Waals surface area contributed by atoms with E-state index in [1.54, 1.807) is 0 Å². The maximum absolute atomic E-state index is 11.5. The quantitative estimate of drug-likeness (QED) is 0.911. The van der Waals surface area contributed by atoms with Gasteiger partial charge in [-0.25, -0.2) is 0 Å². The van der Waals surface area contributed by atoms with Gasteiger partial charge in [0.2, 0.25) is 0 Å². The fourth-order valence-corrected chi connectivity index (χ4v) is 4.82. The molecule has 0 heterocycles. The van der Waals surface area contributed by atoms with Crippen LogP contribution in [-0.4, -0.2) is 15.8 Å². The first kappa shape index (κ1) is 14.0. The van der Waals surface area contributed by atoms with Crippen LogP contribution in [0.3, 0.4) is 0 Å². The molecule has 2 aromatic rings. The standard InChI is InChI=1S/C20H22O2/c1-15-7-9-17(10-8-15)20(22)18(11-12-19(20,21)14-18)13-16-5-3-2-4-6-16/h2-10,21-22H,11-14H2,1H3/t18-,19+,20+/m0/s1. The Bertz CT molecular complexity index is 693. The Morgan fingerprint density at radius 2 is 1.59 bits per heavy atom. The highest BCUT2D eigenvalue weighted by molar-refractivity contribution is 5.42. The first-order valence-corrected chi connectivity index (χ1v) is 8.05. The molecule has 5 rings (SSSR count). The molecule has 2 aromatic carbocycles. The third-order valence-electron chi connectivity index (χ3n) is 5.94. The lowest BCUT2D eigenvalue weighted by molar-refractivity contribution is -0.276. The fourth-order valence-electron chi connectivity index (χ4n) is 4.82. The summed E-state index contributed by atoms with van der Waals surface area (Å²) in [4.78, 5) is 0. The van der Waals surface area contributed by atoms with Crippen LogP contribution in [0.1, 0.15) is 36.0 Å². The Morgan fingerprint density at radius 3 is 2.23 bits per heavy atom. The molecule has 2 N–H and O–H groups in total. The maximum Gasteiger partial charge on any atom is 0.124 e. The average molecular weight is 294 g/mol. The summed E-state index contributed by atoms with van der Waals surface area (Å²) in [6.07, 6.45) is 3.08. The summed E-state index contributed by atoms with van der Waals surface area (Å²) in [5.74, 6) is 0. The highest BCUT2D eigenvalue weighted by Gasteiger charge is 2.77. The maximum atomic E-state index is 11.5. The predicted octanol–water partition coefficient (Wildman–Crippen LogP) is 3.34. The van der Waals surface area contributed by atoms with Gasteiger partial charge in [0.05, 0.1) is 5.60 Å². The molecule has 3 aliphatic rings. The van der Waals surface area contributed by atoms with Gasteiger partial charge in [0, 0.05) is 5.41 Å². The molecule has 0 saturated heterocycles. The Balaban J connectivity index is 1.75. The second-order valence-electron chi connectivity index (χ2n) is 7.23. The van der Waals surface area contributed by atoms with Gasteiger partial charge in [-0.05, 0) is 43.7 Å². The Hall–Kier alpha value is -1.64. The van der Waals surface area contributed by atoms with Crippen molar-refractivity contribution in [2.24, 2.45) is 5.41 Å². The van der Waals surface area contributed by atoms with Crippen LogP contribution in [0, 0.1) is 12.3 Å². The monoisotopic (exact) mass is 294 g/mol. The lowest BCUT2D eigenvalue weighted by Crippen LogP contribution is -2.67. The zero-order valence-electron chi connectivity index (χ0n) is 12.9. The number of aliphatic hydroxyl groups is 2. The van der Waals surface area contributed by atoms with Gasteiger partial charge in [-0.3, -0.25) is 0 Å². The number of fused-ring (bicyclic) bond motifs is 1. The normalized spacial score (nSPS) is 36.1. The van der Waals surface area contributed by atoms with Crippen LogP contribution in [-0.2, 0) is 12.0 Å². The Kier molecular flexibility index (Phi) is 2.82. The van der Waals surface area contributed by atoms with Crippen LogP contribution in [0.4, 0.5) is 0 Å². The van der Waals surface area contributed by atoms with Crippen LogP contribution in [0.25, 0.3) is 0 Å². The molecule has 3 saturated carbocycles. The number of aryl methyl sites for hydroxylation is 1. The van der Waals surface area contributed by atoms with Crippen LogP contribution in [0.15, 0.2) is 54.6 Å². The topological polar surface area (TPSA) is 40.5 Å². The molecule has 0 aliphatic heterocycles. The minimum absolute atomic E-state index is 0.238. The van der Waals surface area contributed by atoms with Gasteiger partial charge in [0.15, 0.2) is 0 Å². The molecule has 114 valence electrons. The summed E-state index contributed by atoms with van der Waals surface area (Å²) in [7, 11) is 0. The van der Waals surface area contributed by atoms with E-state index in [4.69, 9.17) is 0 Å². The van der Waals surface area contributed by atoms with Crippen molar-refractivity contribution in [2.45, 2.75) is 43.8 Å². The third-order valence-corrected chi connectivity index (χ3v) is 5.94. The van der Waals surface area contributed by atoms with Crippen molar-refractivity contribution in [1.82, 2.24) is 0 Å². The van der Waals surface area contributed by atoms with Crippen LogP contribution < -0.4 is 0 Å². The van der Waals surface area contributed by atoms with Crippen molar-refractivity contribution in [2.75, 3.05) is 0 Å². The molecule has 0 radical (unpaired) electrons. The van der Waals surface area contributed by atoms with E-state index in [0.29, 0.717) is 12.8 Å². The summed E-state index contributed by atoms with van der Waals surface area (Å²) < 4.78 is 0. The third kappa shape index (κ3) is 1.62. The predicted molar refractivity (Wildman–Crippen MR) is 86.5 cm³/mol. The molecule has 0 aromatic heterocycles. The molecule has 3 aliphatic carbocycles. The van der Waals surface area contributed by atoms with E-state index in [9.17, 15) is 10.2 Å². The SMILES string of the molecule is Cc1ccc([C@]2(O)[C@@]3(O)CC[C@]2(Cc2ccccc2)C3)cc1.